The smallest absolute Gasteiger partial charge is 0.225 e. The quantitative estimate of drug-likeness (QED) is 0.547. The first-order chi connectivity index (χ1) is 14.8. The second kappa shape index (κ2) is 10.4. The predicted molar refractivity (Wildman–Crippen MR) is 121 cm³/mol. The third-order valence-corrected chi connectivity index (χ3v) is 6.08. The van der Waals surface area contributed by atoms with E-state index in [0.29, 0.717) is 12.2 Å². The van der Waals surface area contributed by atoms with Gasteiger partial charge in [-0.25, -0.2) is 0 Å². The SMILES string of the molecule is O=C(CCSc1nnc(CN2CCCCC2)n1-c1ccccc1)Nc1ccccc1. The van der Waals surface area contributed by atoms with Crippen molar-refractivity contribution in [3.05, 3.63) is 66.5 Å². The minimum absolute atomic E-state index is 0.00742. The van der Waals surface area contributed by atoms with Crippen LogP contribution in [-0.4, -0.2) is 44.4 Å². The van der Waals surface area contributed by atoms with Crippen LogP contribution in [-0.2, 0) is 11.3 Å². The summed E-state index contributed by atoms with van der Waals surface area (Å²) in [7, 11) is 0. The van der Waals surface area contributed by atoms with Crippen LogP contribution in [0.2, 0.25) is 0 Å². The number of benzene rings is 2. The molecule has 0 spiro atoms. The molecule has 4 rings (SSSR count). The number of carbonyl (C=O) groups is 1. The monoisotopic (exact) mass is 421 g/mol. The average molecular weight is 422 g/mol. The van der Waals surface area contributed by atoms with E-state index in [2.05, 4.69) is 37.1 Å². The maximum atomic E-state index is 12.3. The van der Waals surface area contributed by atoms with E-state index in [1.165, 1.54) is 19.3 Å². The van der Waals surface area contributed by atoms with Crippen molar-refractivity contribution < 1.29 is 4.79 Å². The number of amides is 1. The Morgan fingerprint density at radius 3 is 2.37 bits per heavy atom. The molecule has 1 aliphatic rings. The number of carbonyl (C=O) groups excluding carboxylic acids is 1. The highest BCUT2D eigenvalue weighted by Gasteiger charge is 2.19. The van der Waals surface area contributed by atoms with Crippen molar-refractivity contribution in [1.29, 1.82) is 0 Å². The van der Waals surface area contributed by atoms with E-state index in [4.69, 9.17) is 0 Å². The summed E-state index contributed by atoms with van der Waals surface area (Å²) in [6.07, 6.45) is 4.23. The van der Waals surface area contributed by atoms with Crippen LogP contribution in [0.15, 0.2) is 65.8 Å². The van der Waals surface area contributed by atoms with E-state index in [9.17, 15) is 4.79 Å². The number of piperidine rings is 1. The normalized spacial score (nSPS) is 14.5. The summed E-state index contributed by atoms with van der Waals surface area (Å²) in [5, 5.41) is 12.7. The number of thioether (sulfide) groups is 1. The Labute approximate surface area is 181 Å². The molecule has 2 heterocycles. The molecular weight excluding hydrogens is 394 g/mol. The fraction of sp³-hybridized carbons (Fsp3) is 0.348. The molecule has 0 unspecified atom stereocenters. The van der Waals surface area contributed by atoms with Gasteiger partial charge < -0.3 is 5.32 Å². The van der Waals surface area contributed by atoms with Crippen LogP contribution in [0.3, 0.4) is 0 Å². The molecule has 1 N–H and O–H groups in total. The van der Waals surface area contributed by atoms with Crippen LogP contribution in [0.5, 0.6) is 0 Å². The Kier molecular flexibility index (Phi) is 7.16. The highest BCUT2D eigenvalue weighted by atomic mass is 32.2. The topological polar surface area (TPSA) is 63.1 Å². The molecule has 7 heteroatoms. The number of likely N-dealkylation sites (tertiary alicyclic amines) is 1. The average Bonchev–Trinajstić information content (AvgIpc) is 3.18. The third kappa shape index (κ3) is 5.49. The Morgan fingerprint density at radius 2 is 1.63 bits per heavy atom. The van der Waals surface area contributed by atoms with Gasteiger partial charge in [0.15, 0.2) is 11.0 Å². The molecule has 6 nitrogen and oxygen atoms in total. The number of aromatic nitrogens is 3. The first kappa shape index (κ1) is 20.6. The maximum absolute atomic E-state index is 12.3. The van der Waals surface area contributed by atoms with Crippen LogP contribution in [0, 0.1) is 0 Å². The lowest BCUT2D eigenvalue weighted by molar-refractivity contribution is -0.115. The van der Waals surface area contributed by atoms with Gasteiger partial charge >= 0.3 is 0 Å². The zero-order valence-electron chi connectivity index (χ0n) is 17.0. The van der Waals surface area contributed by atoms with Crippen LogP contribution in [0.25, 0.3) is 5.69 Å². The lowest BCUT2D eigenvalue weighted by atomic mass is 10.1. The van der Waals surface area contributed by atoms with E-state index >= 15 is 0 Å². The van der Waals surface area contributed by atoms with E-state index in [1.54, 1.807) is 11.8 Å². The van der Waals surface area contributed by atoms with Gasteiger partial charge in [0.1, 0.15) is 0 Å². The molecule has 0 atom stereocenters. The van der Waals surface area contributed by atoms with Gasteiger partial charge in [0, 0.05) is 23.5 Å². The van der Waals surface area contributed by atoms with Crippen molar-refractivity contribution in [3.8, 4) is 5.69 Å². The third-order valence-electron chi connectivity index (χ3n) is 5.15. The molecule has 2 aromatic carbocycles. The van der Waals surface area contributed by atoms with Gasteiger partial charge in [0.2, 0.25) is 5.91 Å². The molecule has 1 fully saturated rings. The highest BCUT2D eigenvalue weighted by Crippen LogP contribution is 2.24. The summed E-state index contributed by atoms with van der Waals surface area (Å²) in [5.41, 5.74) is 1.88. The summed E-state index contributed by atoms with van der Waals surface area (Å²) < 4.78 is 2.13. The fourth-order valence-electron chi connectivity index (χ4n) is 3.63. The van der Waals surface area contributed by atoms with Gasteiger partial charge in [-0.2, -0.15) is 0 Å². The number of anilines is 1. The highest BCUT2D eigenvalue weighted by molar-refractivity contribution is 7.99. The second-order valence-electron chi connectivity index (χ2n) is 7.42. The molecule has 0 radical (unpaired) electrons. The van der Waals surface area contributed by atoms with Crippen LogP contribution in [0.4, 0.5) is 5.69 Å². The molecule has 3 aromatic rings. The van der Waals surface area contributed by atoms with Crippen LogP contribution < -0.4 is 5.32 Å². The lowest BCUT2D eigenvalue weighted by Crippen LogP contribution is -2.30. The van der Waals surface area contributed by atoms with Gasteiger partial charge in [-0.15, -0.1) is 10.2 Å². The number of hydrogen-bond donors (Lipinski definition) is 1. The number of hydrogen-bond acceptors (Lipinski definition) is 5. The Bertz CT molecular complexity index is 939. The number of nitrogens with zero attached hydrogens (tertiary/aromatic N) is 4. The predicted octanol–water partition coefficient (Wildman–Crippen LogP) is 4.37. The van der Waals surface area contributed by atoms with Gasteiger partial charge in [0.05, 0.1) is 6.54 Å². The number of para-hydroxylation sites is 2. The van der Waals surface area contributed by atoms with Gasteiger partial charge in [-0.1, -0.05) is 54.6 Å². The van der Waals surface area contributed by atoms with Gasteiger partial charge in [-0.05, 0) is 50.2 Å². The molecule has 1 aromatic heterocycles. The zero-order chi connectivity index (χ0) is 20.6. The molecule has 30 heavy (non-hydrogen) atoms. The summed E-state index contributed by atoms with van der Waals surface area (Å²) in [4.78, 5) is 14.7. The van der Waals surface area contributed by atoms with Gasteiger partial charge in [-0.3, -0.25) is 14.3 Å². The summed E-state index contributed by atoms with van der Waals surface area (Å²) in [5.74, 6) is 1.61. The Balaban J connectivity index is 1.42. The van der Waals surface area contributed by atoms with Crippen molar-refractivity contribution in [3.63, 3.8) is 0 Å². The second-order valence-corrected chi connectivity index (χ2v) is 8.48. The molecular formula is C23H27N5OS. The molecule has 0 aliphatic carbocycles. The molecule has 0 saturated carbocycles. The zero-order valence-corrected chi connectivity index (χ0v) is 17.9. The summed E-state index contributed by atoms with van der Waals surface area (Å²) in [6.45, 7) is 3.03. The van der Waals surface area contributed by atoms with Gasteiger partial charge in [0.25, 0.3) is 0 Å². The Morgan fingerprint density at radius 1 is 0.933 bits per heavy atom. The van der Waals surface area contributed by atoms with Crippen LogP contribution >= 0.6 is 11.8 Å². The van der Waals surface area contributed by atoms with E-state index in [1.807, 2.05) is 48.5 Å². The summed E-state index contributed by atoms with van der Waals surface area (Å²) >= 11 is 1.57. The van der Waals surface area contributed by atoms with Crippen molar-refractivity contribution in [2.24, 2.45) is 0 Å². The molecule has 156 valence electrons. The Hall–Kier alpha value is -2.64. The molecule has 0 bridgehead atoms. The maximum Gasteiger partial charge on any atom is 0.225 e. The van der Waals surface area contributed by atoms with Crippen molar-refractivity contribution >= 4 is 23.4 Å². The summed E-state index contributed by atoms with van der Waals surface area (Å²) in [6, 6.07) is 19.8. The van der Waals surface area contributed by atoms with Crippen molar-refractivity contribution in [2.45, 2.75) is 37.4 Å². The van der Waals surface area contributed by atoms with Crippen molar-refractivity contribution in [2.75, 3.05) is 24.2 Å². The first-order valence-corrected chi connectivity index (χ1v) is 11.5. The van der Waals surface area contributed by atoms with Crippen LogP contribution in [0.1, 0.15) is 31.5 Å². The van der Waals surface area contributed by atoms with E-state index in [-0.39, 0.29) is 5.91 Å². The fourth-order valence-corrected chi connectivity index (χ4v) is 4.54. The minimum Gasteiger partial charge on any atom is -0.326 e. The standard InChI is InChI=1S/C23H27N5OS/c29-22(24-19-10-4-1-5-11-19)14-17-30-23-26-25-21(18-27-15-8-3-9-16-27)28(23)20-12-6-2-7-13-20/h1-2,4-7,10-13H,3,8-9,14-18H2,(H,24,29). The molecule has 1 saturated heterocycles. The first-order valence-electron chi connectivity index (χ1n) is 10.5. The van der Waals surface area contributed by atoms with E-state index in [0.717, 1.165) is 42.0 Å². The number of nitrogens with one attached hydrogen (secondary N) is 1. The molecule has 1 aliphatic heterocycles. The minimum atomic E-state index is 0.00742. The van der Waals surface area contributed by atoms with Crippen molar-refractivity contribution in [1.82, 2.24) is 19.7 Å². The van der Waals surface area contributed by atoms with E-state index < -0.39 is 0 Å². The lowest BCUT2D eigenvalue weighted by Gasteiger charge is -2.26. The largest absolute Gasteiger partial charge is 0.326 e. The number of rotatable bonds is 8. The molecule has 1 amide bonds.